The fraction of sp³-hybridized carbons (Fsp3) is 0.632. The molecule has 2 fully saturated rings. The molecule has 0 saturated carbocycles. The van der Waals surface area contributed by atoms with Gasteiger partial charge in [-0.15, -0.1) is 0 Å². The lowest BCUT2D eigenvalue weighted by atomic mass is 9.95. The van der Waals surface area contributed by atoms with Gasteiger partial charge in [0.1, 0.15) is 6.10 Å². The van der Waals surface area contributed by atoms with Crippen LogP contribution in [-0.2, 0) is 4.79 Å². The van der Waals surface area contributed by atoms with Gasteiger partial charge in [-0.1, -0.05) is 12.1 Å². The summed E-state index contributed by atoms with van der Waals surface area (Å²) in [5.41, 5.74) is 0. The number of nitrogens with zero attached hydrogens (tertiary/aromatic N) is 2. The molecule has 1 atom stereocenters. The van der Waals surface area contributed by atoms with Gasteiger partial charge in [-0.2, -0.15) is 0 Å². The summed E-state index contributed by atoms with van der Waals surface area (Å²) in [6, 6.07) is 7.74. The van der Waals surface area contributed by atoms with Crippen LogP contribution in [0.1, 0.15) is 25.7 Å². The number of rotatable bonds is 4. The Kier molecular flexibility index (Phi) is 5.61. The van der Waals surface area contributed by atoms with E-state index >= 15 is 0 Å². The Morgan fingerprint density at radius 3 is 2.46 bits per heavy atom. The first-order chi connectivity index (χ1) is 11.7. The number of benzene rings is 1. The Labute approximate surface area is 144 Å². The van der Waals surface area contributed by atoms with Crippen molar-refractivity contribution in [3.63, 3.8) is 0 Å². The fourth-order valence-electron chi connectivity index (χ4n) is 3.72. The zero-order valence-electron chi connectivity index (χ0n) is 14.7. The summed E-state index contributed by atoms with van der Waals surface area (Å²) < 4.78 is 11.4. The number of piperidine rings is 2. The number of hydrogen-bond donors (Lipinski definition) is 0. The Balaban J connectivity index is 1.51. The monoisotopic (exact) mass is 332 g/mol. The maximum absolute atomic E-state index is 12.7. The molecule has 0 unspecified atom stereocenters. The number of carbonyl (C=O) groups is 1. The van der Waals surface area contributed by atoms with Crippen LogP contribution in [-0.4, -0.2) is 62.1 Å². The SMILES string of the molecule is COc1ccccc1OC1CCN(C(=O)[C@@H]2CCCN(C)C2)CC1. The molecule has 1 amide bonds. The van der Waals surface area contributed by atoms with Crippen molar-refractivity contribution in [2.45, 2.75) is 31.8 Å². The van der Waals surface area contributed by atoms with Crippen LogP contribution in [0.4, 0.5) is 0 Å². The average Bonchev–Trinajstić information content (AvgIpc) is 2.62. The Morgan fingerprint density at radius 2 is 1.79 bits per heavy atom. The van der Waals surface area contributed by atoms with Crippen molar-refractivity contribution >= 4 is 5.91 Å². The minimum absolute atomic E-state index is 0.152. The van der Waals surface area contributed by atoms with Crippen LogP contribution in [0.5, 0.6) is 11.5 Å². The zero-order valence-corrected chi connectivity index (χ0v) is 14.7. The molecule has 2 aliphatic heterocycles. The largest absolute Gasteiger partial charge is 0.493 e. The first-order valence-electron chi connectivity index (χ1n) is 8.94. The summed E-state index contributed by atoms with van der Waals surface area (Å²) in [6.45, 7) is 3.59. The molecule has 0 aromatic heterocycles. The molecule has 0 radical (unpaired) electrons. The lowest BCUT2D eigenvalue weighted by molar-refractivity contribution is -0.139. The minimum atomic E-state index is 0.152. The van der Waals surface area contributed by atoms with Gasteiger partial charge in [0.15, 0.2) is 11.5 Å². The summed E-state index contributed by atoms with van der Waals surface area (Å²) in [5.74, 6) is 2.06. The van der Waals surface area contributed by atoms with Crippen molar-refractivity contribution in [3.05, 3.63) is 24.3 Å². The molecule has 3 rings (SSSR count). The highest BCUT2D eigenvalue weighted by molar-refractivity contribution is 5.79. The quantitative estimate of drug-likeness (QED) is 0.849. The molecule has 2 heterocycles. The molecule has 5 heteroatoms. The second kappa shape index (κ2) is 7.88. The van der Waals surface area contributed by atoms with E-state index < -0.39 is 0 Å². The predicted molar refractivity (Wildman–Crippen MR) is 93.4 cm³/mol. The van der Waals surface area contributed by atoms with E-state index in [1.165, 1.54) is 0 Å². The summed E-state index contributed by atoms with van der Waals surface area (Å²) in [7, 11) is 3.76. The highest BCUT2D eigenvalue weighted by atomic mass is 16.5. The van der Waals surface area contributed by atoms with E-state index in [4.69, 9.17) is 9.47 Å². The fourth-order valence-corrected chi connectivity index (χ4v) is 3.72. The number of carbonyl (C=O) groups excluding carboxylic acids is 1. The lowest BCUT2D eigenvalue weighted by Gasteiger charge is -2.37. The third-order valence-corrected chi connectivity index (χ3v) is 5.09. The van der Waals surface area contributed by atoms with E-state index in [0.717, 1.165) is 63.4 Å². The third-order valence-electron chi connectivity index (χ3n) is 5.09. The van der Waals surface area contributed by atoms with E-state index in [1.54, 1.807) is 7.11 Å². The maximum Gasteiger partial charge on any atom is 0.226 e. The molecule has 132 valence electrons. The Morgan fingerprint density at radius 1 is 1.08 bits per heavy atom. The minimum Gasteiger partial charge on any atom is -0.493 e. The van der Waals surface area contributed by atoms with Crippen molar-refractivity contribution in [1.29, 1.82) is 0 Å². The van der Waals surface area contributed by atoms with E-state index in [-0.39, 0.29) is 12.0 Å². The van der Waals surface area contributed by atoms with Gasteiger partial charge in [0.05, 0.1) is 13.0 Å². The van der Waals surface area contributed by atoms with Gasteiger partial charge < -0.3 is 19.3 Å². The number of amides is 1. The molecule has 24 heavy (non-hydrogen) atoms. The summed E-state index contributed by atoms with van der Waals surface area (Å²) in [5, 5.41) is 0. The summed E-state index contributed by atoms with van der Waals surface area (Å²) in [6.07, 6.45) is 4.07. The van der Waals surface area contributed by atoms with E-state index in [9.17, 15) is 4.79 Å². The molecule has 0 spiro atoms. The number of methoxy groups -OCH3 is 1. The van der Waals surface area contributed by atoms with Gasteiger partial charge in [0.2, 0.25) is 5.91 Å². The third kappa shape index (κ3) is 4.01. The van der Waals surface area contributed by atoms with Crippen molar-refractivity contribution in [1.82, 2.24) is 9.80 Å². The molecule has 1 aromatic carbocycles. The lowest BCUT2D eigenvalue weighted by Crippen LogP contribution is -2.47. The smallest absolute Gasteiger partial charge is 0.226 e. The molecule has 0 bridgehead atoms. The first kappa shape index (κ1) is 17.1. The molecular formula is C19H28N2O3. The number of likely N-dealkylation sites (tertiary alicyclic amines) is 2. The van der Waals surface area contributed by atoms with E-state index in [0.29, 0.717) is 5.91 Å². The summed E-state index contributed by atoms with van der Waals surface area (Å²) in [4.78, 5) is 17.0. The van der Waals surface area contributed by atoms with Crippen LogP contribution in [0.15, 0.2) is 24.3 Å². The van der Waals surface area contributed by atoms with Crippen molar-refractivity contribution < 1.29 is 14.3 Å². The molecule has 1 aromatic rings. The van der Waals surface area contributed by atoms with Gasteiger partial charge in [0.25, 0.3) is 0 Å². The van der Waals surface area contributed by atoms with Gasteiger partial charge in [0, 0.05) is 32.5 Å². The highest BCUT2D eigenvalue weighted by Gasteiger charge is 2.31. The summed E-state index contributed by atoms with van der Waals surface area (Å²) >= 11 is 0. The number of hydrogen-bond acceptors (Lipinski definition) is 4. The van der Waals surface area contributed by atoms with Crippen molar-refractivity contribution in [2.75, 3.05) is 40.3 Å². The molecule has 0 aliphatic carbocycles. The van der Waals surface area contributed by atoms with E-state index in [1.807, 2.05) is 29.2 Å². The van der Waals surface area contributed by atoms with Crippen LogP contribution in [0, 0.1) is 5.92 Å². The van der Waals surface area contributed by atoms with Gasteiger partial charge in [-0.05, 0) is 38.6 Å². The zero-order chi connectivity index (χ0) is 16.9. The van der Waals surface area contributed by atoms with Crippen molar-refractivity contribution in [3.8, 4) is 11.5 Å². The topological polar surface area (TPSA) is 42.0 Å². The predicted octanol–water partition coefficient (Wildman–Crippen LogP) is 2.41. The van der Waals surface area contributed by atoms with Gasteiger partial charge in [-0.25, -0.2) is 0 Å². The first-order valence-corrected chi connectivity index (χ1v) is 8.94. The molecule has 0 N–H and O–H groups in total. The standard InChI is InChI=1S/C19H28N2O3/c1-20-11-5-6-15(14-20)19(22)21-12-9-16(10-13-21)24-18-8-4-3-7-17(18)23-2/h3-4,7-8,15-16H,5-6,9-14H2,1-2H3/t15-/m1/s1. The van der Waals surface area contributed by atoms with E-state index in [2.05, 4.69) is 11.9 Å². The molecular weight excluding hydrogens is 304 g/mol. The maximum atomic E-state index is 12.7. The van der Waals surface area contributed by atoms with Crippen LogP contribution in [0.3, 0.4) is 0 Å². The highest BCUT2D eigenvalue weighted by Crippen LogP contribution is 2.29. The number of ether oxygens (including phenoxy) is 2. The van der Waals surface area contributed by atoms with Crippen LogP contribution >= 0.6 is 0 Å². The second-order valence-electron chi connectivity index (χ2n) is 6.89. The van der Waals surface area contributed by atoms with Crippen LogP contribution in [0.25, 0.3) is 0 Å². The van der Waals surface area contributed by atoms with Crippen LogP contribution < -0.4 is 9.47 Å². The second-order valence-corrected chi connectivity index (χ2v) is 6.89. The normalized spacial score (nSPS) is 23.1. The number of para-hydroxylation sites is 2. The van der Waals surface area contributed by atoms with Crippen LogP contribution in [0.2, 0.25) is 0 Å². The molecule has 5 nitrogen and oxygen atoms in total. The van der Waals surface area contributed by atoms with Gasteiger partial charge in [-0.3, -0.25) is 4.79 Å². The molecule has 2 saturated heterocycles. The average molecular weight is 332 g/mol. The Bertz CT molecular complexity index is 555. The van der Waals surface area contributed by atoms with Gasteiger partial charge >= 0.3 is 0 Å². The molecule has 2 aliphatic rings. The Hall–Kier alpha value is -1.75. The van der Waals surface area contributed by atoms with Crippen molar-refractivity contribution in [2.24, 2.45) is 5.92 Å².